The van der Waals surface area contributed by atoms with Gasteiger partial charge in [0.2, 0.25) is 0 Å². The molecule has 4 heteroatoms. The van der Waals surface area contributed by atoms with E-state index in [4.69, 9.17) is 5.41 Å². The predicted octanol–water partition coefficient (Wildman–Crippen LogP) is -3.47. The topological polar surface area (TPSA) is 59.1 Å². The summed E-state index contributed by atoms with van der Waals surface area (Å²) in [4.78, 5) is 0. The minimum Gasteiger partial charge on any atom is -1.00 e. The molecule has 0 aromatic heterocycles. The molecule has 0 saturated heterocycles. The van der Waals surface area contributed by atoms with Gasteiger partial charge < -0.3 is 22.9 Å². The molecule has 0 radical (unpaired) electrons. The van der Waals surface area contributed by atoms with Crippen LogP contribution in [-0.2, 0) is 4.74 Å². The molecule has 0 aliphatic heterocycles. The van der Waals surface area contributed by atoms with Crippen LogP contribution in [0.2, 0.25) is 0 Å². The average Bonchev–Trinajstić information content (AvgIpc) is 1.38. The molecule has 3 nitrogen and oxygen atoms in total. The van der Waals surface area contributed by atoms with Crippen LogP contribution in [0, 0.1) is 5.41 Å². The number of ether oxygens (including phenoxy) is 1. The minimum atomic E-state index is -0.245. The third-order valence-electron chi connectivity index (χ3n) is 0.220. The average molecular weight is 110 g/mol. The fraction of sp³-hybridized carbons (Fsp3) is 0.500. The lowest BCUT2D eigenvalue weighted by atomic mass is 11.2. The Labute approximate surface area is 42.4 Å². The predicted molar refractivity (Wildman–Crippen MR) is 18.9 cm³/mol. The Hall–Kier alpha value is -0.440. The number of nitrogens with one attached hydrogen (secondary N) is 1. The number of nitrogens with two attached hydrogens (primary N) is 1. The molecule has 0 atom stereocenters. The zero-order chi connectivity index (χ0) is 4.28. The number of methoxy groups -OCH3 is 1. The molecular weight excluding hydrogens is 103 g/mol. The van der Waals surface area contributed by atoms with E-state index in [1.54, 1.807) is 0 Å². The van der Waals surface area contributed by atoms with Crippen molar-refractivity contribution in [1.82, 2.24) is 0 Å². The zero-order valence-corrected chi connectivity index (χ0v) is 4.12. The third kappa shape index (κ3) is 9.59. The van der Waals surface area contributed by atoms with E-state index >= 15 is 0 Å². The Balaban J connectivity index is 0. The Bertz CT molecular complexity index is 46.8. The fourth-order valence-electron chi connectivity index (χ4n) is 0. The van der Waals surface area contributed by atoms with Gasteiger partial charge in [-0.15, -0.1) is 0 Å². The van der Waals surface area contributed by atoms with E-state index in [1.165, 1.54) is 7.11 Å². The van der Waals surface area contributed by atoms with Gasteiger partial charge in [0, 0.05) is 0 Å². The lowest BCUT2D eigenvalue weighted by molar-refractivity contribution is -0.00000212. The van der Waals surface area contributed by atoms with Crippen LogP contribution in [0.4, 0.5) is 0 Å². The standard InChI is InChI=1S/C2H6N2O.ClH/c1-5-2(3)4;/h1H3,(H3,3,4);1H/p-1. The third-order valence-corrected chi connectivity index (χ3v) is 0.220. The first kappa shape index (κ1) is 9.12. The van der Waals surface area contributed by atoms with Crippen LogP contribution in [0.25, 0.3) is 0 Å². The molecule has 0 saturated carbocycles. The highest BCUT2D eigenvalue weighted by molar-refractivity contribution is 5.67. The quantitative estimate of drug-likeness (QED) is 0.251. The highest BCUT2D eigenvalue weighted by Gasteiger charge is 1.68. The van der Waals surface area contributed by atoms with Gasteiger partial charge in [0.15, 0.2) is 0 Å². The summed E-state index contributed by atoms with van der Waals surface area (Å²) in [5, 5.41) is 6.30. The second kappa shape index (κ2) is 4.56. The number of halogens is 1. The van der Waals surface area contributed by atoms with Gasteiger partial charge in [0.25, 0.3) is 6.02 Å². The molecule has 0 amide bonds. The van der Waals surface area contributed by atoms with Gasteiger partial charge in [0.05, 0.1) is 7.11 Å². The van der Waals surface area contributed by atoms with Gasteiger partial charge in [-0.1, -0.05) is 0 Å². The summed E-state index contributed by atoms with van der Waals surface area (Å²) in [6.45, 7) is 0. The summed E-state index contributed by atoms with van der Waals surface area (Å²) >= 11 is 0. The molecule has 0 aromatic carbocycles. The van der Waals surface area contributed by atoms with Crippen molar-refractivity contribution in [3.63, 3.8) is 0 Å². The van der Waals surface area contributed by atoms with E-state index in [0.29, 0.717) is 0 Å². The van der Waals surface area contributed by atoms with Gasteiger partial charge in [-0.25, -0.2) is 0 Å². The number of amidine groups is 1. The van der Waals surface area contributed by atoms with Crippen LogP contribution in [0.1, 0.15) is 0 Å². The molecule has 0 aromatic rings. The van der Waals surface area contributed by atoms with Gasteiger partial charge in [-0.05, 0) is 0 Å². The van der Waals surface area contributed by atoms with E-state index < -0.39 is 0 Å². The van der Waals surface area contributed by atoms with Crippen LogP contribution in [-0.4, -0.2) is 13.1 Å². The smallest absolute Gasteiger partial charge is 0.278 e. The molecule has 0 spiro atoms. The second-order valence-corrected chi connectivity index (χ2v) is 0.568. The monoisotopic (exact) mass is 109 g/mol. The van der Waals surface area contributed by atoms with E-state index in [0.717, 1.165) is 0 Å². The van der Waals surface area contributed by atoms with E-state index in [9.17, 15) is 0 Å². The van der Waals surface area contributed by atoms with Crippen molar-refractivity contribution in [2.24, 2.45) is 5.73 Å². The summed E-state index contributed by atoms with van der Waals surface area (Å²) in [5.41, 5.74) is 4.65. The molecule has 0 rings (SSSR count). The van der Waals surface area contributed by atoms with Crippen molar-refractivity contribution < 1.29 is 17.1 Å². The first-order chi connectivity index (χ1) is 2.27. The first-order valence-electron chi connectivity index (χ1n) is 1.15. The number of rotatable bonds is 0. The molecular formula is C2H6ClN2O-. The molecule has 0 unspecified atom stereocenters. The molecule has 0 aliphatic carbocycles. The summed E-state index contributed by atoms with van der Waals surface area (Å²) in [6, 6.07) is -0.245. The molecule has 0 bridgehead atoms. The molecule has 3 N–H and O–H groups in total. The van der Waals surface area contributed by atoms with Crippen molar-refractivity contribution in [2.45, 2.75) is 0 Å². The molecule has 0 fully saturated rings. The largest absolute Gasteiger partial charge is 1.00 e. The normalized spacial score (nSPS) is 5.50. The van der Waals surface area contributed by atoms with E-state index in [2.05, 4.69) is 10.5 Å². The van der Waals surface area contributed by atoms with Crippen molar-refractivity contribution in [3.8, 4) is 0 Å². The van der Waals surface area contributed by atoms with Crippen LogP contribution in [0.15, 0.2) is 0 Å². The van der Waals surface area contributed by atoms with Crippen LogP contribution in [0.5, 0.6) is 0 Å². The summed E-state index contributed by atoms with van der Waals surface area (Å²) in [7, 11) is 1.35. The SMILES string of the molecule is COC(=N)N.[Cl-]. The van der Waals surface area contributed by atoms with Gasteiger partial charge in [0.1, 0.15) is 0 Å². The van der Waals surface area contributed by atoms with Crippen molar-refractivity contribution in [3.05, 3.63) is 0 Å². The van der Waals surface area contributed by atoms with E-state index in [-0.39, 0.29) is 18.4 Å². The zero-order valence-electron chi connectivity index (χ0n) is 3.36. The molecule has 0 aliphatic rings. The Kier molecular flexibility index (Phi) is 6.93. The molecule has 6 heavy (non-hydrogen) atoms. The fourth-order valence-corrected chi connectivity index (χ4v) is 0. The maximum Gasteiger partial charge on any atom is 0.278 e. The van der Waals surface area contributed by atoms with Crippen molar-refractivity contribution in [1.29, 1.82) is 5.41 Å². The lowest BCUT2D eigenvalue weighted by Gasteiger charge is -1.85. The van der Waals surface area contributed by atoms with Crippen molar-refractivity contribution >= 4 is 6.02 Å². The summed E-state index contributed by atoms with van der Waals surface area (Å²) in [6.07, 6.45) is 0. The highest BCUT2D eigenvalue weighted by Crippen LogP contribution is 1.50. The summed E-state index contributed by atoms with van der Waals surface area (Å²) in [5.74, 6) is 0. The first-order valence-corrected chi connectivity index (χ1v) is 1.15. The summed E-state index contributed by atoms with van der Waals surface area (Å²) < 4.78 is 4.11. The Morgan fingerprint density at radius 3 is 2.00 bits per heavy atom. The Morgan fingerprint density at radius 1 is 1.83 bits per heavy atom. The van der Waals surface area contributed by atoms with E-state index in [1.807, 2.05) is 0 Å². The molecule has 38 valence electrons. The maximum absolute atomic E-state index is 6.30. The minimum absolute atomic E-state index is 0. The number of hydrogen-bond acceptors (Lipinski definition) is 2. The molecule has 0 heterocycles. The highest BCUT2D eigenvalue weighted by atomic mass is 35.5. The van der Waals surface area contributed by atoms with Gasteiger partial charge in [-0.2, -0.15) is 0 Å². The maximum atomic E-state index is 6.30. The lowest BCUT2D eigenvalue weighted by Crippen LogP contribution is -3.00. The number of hydrogen-bond donors (Lipinski definition) is 2. The van der Waals surface area contributed by atoms with Crippen LogP contribution < -0.4 is 18.1 Å². The van der Waals surface area contributed by atoms with Crippen LogP contribution >= 0.6 is 0 Å². The second-order valence-electron chi connectivity index (χ2n) is 0.568. The van der Waals surface area contributed by atoms with Gasteiger partial charge in [-0.3, -0.25) is 5.41 Å². The van der Waals surface area contributed by atoms with Crippen molar-refractivity contribution in [2.75, 3.05) is 7.11 Å². The Morgan fingerprint density at radius 2 is 2.00 bits per heavy atom. The van der Waals surface area contributed by atoms with Gasteiger partial charge >= 0.3 is 0 Å². The van der Waals surface area contributed by atoms with Crippen LogP contribution in [0.3, 0.4) is 0 Å².